The molecule has 0 rings (SSSR count). The molecular weight excluding hydrogens is 244 g/mol. The molecule has 0 unspecified atom stereocenters. The first-order chi connectivity index (χ1) is 6.35. The zero-order valence-corrected chi connectivity index (χ0v) is 11.0. The number of nitrogens with zero attached hydrogens (tertiary/aromatic N) is 1. The van der Waals surface area contributed by atoms with E-state index < -0.39 is 0 Å². The predicted molar refractivity (Wildman–Crippen MR) is 66.2 cm³/mol. The molecule has 0 heterocycles. The van der Waals surface area contributed by atoms with Crippen LogP contribution in [0.1, 0.15) is 13.3 Å². The Hall–Kier alpha value is 0.790. The smallest absolute Gasteiger partial charge is 0.0593 e. The SMILES string of the molecule is CCOCCN(CCCl)CCCCl.Cl. The Morgan fingerprint density at radius 3 is 2.29 bits per heavy atom. The fourth-order valence-electron chi connectivity index (χ4n) is 1.08. The van der Waals surface area contributed by atoms with Crippen molar-refractivity contribution in [3.8, 4) is 0 Å². The highest BCUT2D eigenvalue weighted by atomic mass is 35.5. The molecule has 0 atom stereocenters. The number of ether oxygens (including phenoxy) is 1. The maximum atomic E-state index is 5.67. The van der Waals surface area contributed by atoms with Crippen molar-refractivity contribution >= 4 is 35.6 Å². The van der Waals surface area contributed by atoms with E-state index in [4.69, 9.17) is 27.9 Å². The first-order valence-corrected chi connectivity index (χ1v) is 5.84. The summed E-state index contributed by atoms with van der Waals surface area (Å²) in [4.78, 5) is 2.28. The molecule has 88 valence electrons. The molecule has 14 heavy (non-hydrogen) atoms. The first-order valence-electron chi connectivity index (χ1n) is 4.77. The molecule has 0 aromatic rings. The summed E-state index contributed by atoms with van der Waals surface area (Å²) in [5.74, 6) is 1.39. The average molecular weight is 265 g/mol. The lowest BCUT2D eigenvalue weighted by Gasteiger charge is -2.20. The zero-order valence-electron chi connectivity index (χ0n) is 8.68. The van der Waals surface area contributed by atoms with Gasteiger partial charge in [-0.1, -0.05) is 0 Å². The van der Waals surface area contributed by atoms with Crippen LogP contribution in [-0.2, 0) is 4.74 Å². The minimum atomic E-state index is 0. The third-order valence-electron chi connectivity index (χ3n) is 1.76. The third kappa shape index (κ3) is 10.9. The van der Waals surface area contributed by atoms with Crippen molar-refractivity contribution in [1.29, 1.82) is 0 Å². The van der Waals surface area contributed by atoms with Gasteiger partial charge in [-0.05, 0) is 19.9 Å². The summed E-state index contributed by atoms with van der Waals surface area (Å²) in [5.41, 5.74) is 0. The Morgan fingerprint density at radius 2 is 1.79 bits per heavy atom. The van der Waals surface area contributed by atoms with Gasteiger partial charge < -0.3 is 4.74 Å². The summed E-state index contributed by atoms with van der Waals surface area (Å²) in [6, 6.07) is 0. The average Bonchev–Trinajstić information content (AvgIpc) is 2.14. The Kier molecular flexibility index (Phi) is 16.9. The molecule has 5 heteroatoms. The molecule has 0 saturated heterocycles. The molecule has 0 aliphatic heterocycles. The molecule has 0 spiro atoms. The van der Waals surface area contributed by atoms with Gasteiger partial charge >= 0.3 is 0 Å². The molecule has 0 aromatic carbocycles. The minimum absolute atomic E-state index is 0. The molecule has 0 N–H and O–H groups in total. The van der Waals surface area contributed by atoms with Crippen molar-refractivity contribution in [2.75, 3.05) is 44.6 Å². The third-order valence-corrected chi connectivity index (χ3v) is 2.20. The standard InChI is InChI=1S/C9H19Cl2NO.ClH/c1-2-13-9-8-12(7-5-11)6-3-4-10;/h2-9H2,1H3;1H. The highest BCUT2D eigenvalue weighted by Crippen LogP contribution is 1.95. The lowest BCUT2D eigenvalue weighted by atomic mass is 10.4. The van der Waals surface area contributed by atoms with Gasteiger partial charge in [0, 0.05) is 31.5 Å². The van der Waals surface area contributed by atoms with Crippen molar-refractivity contribution in [3.63, 3.8) is 0 Å². The van der Waals surface area contributed by atoms with Crippen LogP contribution < -0.4 is 0 Å². The predicted octanol–water partition coefficient (Wildman–Crippen LogP) is 2.61. The van der Waals surface area contributed by atoms with Crippen LogP contribution in [0.2, 0.25) is 0 Å². The highest BCUT2D eigenvalue weighted by Gasteiger charge is 2.02. The summed E-state index contributed by atoms with van der Waals surface area (Å²) in [5, 5.41) is 0. The highest BCUT2D eigenvalue weighted by molar-refractivity contribution is 6.18. The molecule has 0 saturated carbocycles. The molecule has 0 amide bonds. The maximum Gasteiger partial charge on any atom is 0.0593 e. The number of halogens is 3. The fourth-order valence-corrected chi connectivity index (χ4v) is 1.43. The Labute approximate surface area is 103 Å². The van der Waals surface area contributed by atoms with Gasteiger partial charge in [0.2, 0.25) is 0 Å². The Morgan fingerprint density at radius 1 is 1.07 bits per heavy atom. The van der Waals surface area contributed by atoms with Gasteiger partial charge in [0.25, 0.3) is 0 Å². The lowest BCUT2D eigenvalue weighted by Crippen LogP contribution is -2.30. The fraction of sp³-hybridized carbons (Fsp3) is 1.00. The van der Waals surface area contributed by atoms with E-state index in [1.807, 2.05) is 6.92 Å². The summed E-state index contributed by atoms with van der Waals surface area (Å²) in [7, 11) is 0. The molecule has 0 fully saturated rings. The normalized spacial score (nSPS) is 10.3. The van der Waals surface area contributed by atoms with Crippen molar-refractivity contribution in [2.45, 2.75) is 13.3 Å². The van der Waals surface area contributed by atoms with E-state index in [1.54, 1.807) is 0 Å². The van der Waals surface area contributed by atoms with Crippen LogP contribution in [0, 0.1) is 0 Å². The van der Waals surface area contributed by atoms with E-state index in [0.717, 1.165) is 39.3 Å². The summed E-state index contributed by atoms with van der Waals surface area (Å²) in [6.45, 7) is 6.47. The number of hydrogen-bond donors (Lipinski definition) is 0. The second-order valence-electron chi connectivity index (χ2n) is 2.77. The van der Waals surface area contributed by atoms with E-state index >= 15 is 0 Å². The first kappa shape index (κ1) is 17.2. The largest absolute Gasteiger partial charge is 0.380 e. The van der Waals surface area contributed by atoms with Gasteiger partial charge in [-0.25, -0.2) is 0 Å². The quantitative estimate of drug-likeness (QED) is 0.469. The van der Waals surface area contributed by atoms with E-state index in [1.165, 1.54) is 0 Å². The second kappa shape index (κ2) is 13.8. The zero-order chi connectivity index (χ0) is 9.94. The van der Waals surface area contributed by atoms with Crippen molar-refractivity contribution < 1.29 is 4.74 Å². The Balaban J connectivity index is 0. The van der Waals surface area contributed by atoms with E-state index in [9.17, 15) is 0 Å². The maximum absolute atomic E-state index is 5.67. The van der Waals surface area contributed by atoms with E-state index in [-0.39, 0.29) is 12.4 Å². The molecule has 0 aromatic heterocycles. The molecule has 0 aliphatic rings. The number of hydrogen-bond acceptors (Lipinski definition) is 2. The van der Waals surface area contributed by atoms with Gasteiger partial charge in [0.15, 0.2) is 0 Å². The van der Waals surface area contributed by atoms with Gasteiger partial charge in [-0.15, -0.1) is 35.6 Å². The summed E-state index contributed by atoms with van der Waals surface area (Å²) in [6.07, 6.45) is 1.02. The van der Waals surface area contributed by atoms with Crippen LogP contribution in [0.15, 0.2) is 0 Å². The van der Waals surface area contributed by atoms with Crippen LogP contribution in [0.4, 0.5) is 0 Å². The topological polar surface area (TPSA) is 12.5 Å². The van der Waals surface area contributed by atoms with Gasteiger partial charge in [0.1, 0.15) is 0 Å². The van der Waals surface area contributed by atoms with Gasteiger partial charge in [-0.3, -0.25) is 4.90 Å². The lowest BCUT2D eigenvalue weighted by molar-refractivity contribution is 0.116. The Bertz CT molecular complexity index is 106. The number of rotatable bonds is 9. The van der Waals surface area contributed by atoms with Crippen LogP contribution in [0.5, 0.6) is 0 Å². The monoisotopic (exact) mass is 263 g/mol. The van der Waals surface area contributed by atoms with Crippen molar-refractivity contribution in [1.82, 2.24) is 4.90 Å². The minimum Gasteiger partial charge on any atom is -0.380 e. The van der Waals surface area contributed by atoms with Crippen LogP contribution in [-0.4, -0.2) is 49.5 Å². The summed E-state index contributed by atoms with van der Waals surface area (Å²) < 4.78 is 5.27. The molecule has 0 aliphatic carbocycles. The van der Waals surface area contributed by atoms with E-state index in [2.05, 4.69) is 4.90 Å². The van der Waals surface area contributed by atoms with Crippen LogP contribution >= 0.6 is 35.6 Å². The van der Waals surface area contributed by atoms with Crippen molar-refractivity contribution in [2.24, 2.45) is 0 Å². The van der Waals surface area contributed by atoms with Crippen LogP contribution in [0.25, 0.3) is 0 Å². The van der Waals surface area contributed by atoms with Gasteiger partial charge in [-0.2, -0.15) is 0 Å². The van der Waals surface area contributed by atoms with Gasteiger partial charge in [0.05, 0.1) is 6.61 Å². The summed E-state index contributed by atoms with van der Waals surface area (Å²) >= 11 is 11.3. The number of alkyl halides is 2. The molecule has 2 nitrogen and oxygen atoms in total. The van der Waals surface area contributed by atoms with Crippen molar-refractivity contribution in [3.05, 3.63) is 0 Å². The molecule has 0 radical (unpaired) electrons. The second-order valence-corrected chi connectivity index (χ2v) is 3.53. The molecular formula is C9H20Cl3NO. The van der Waals surface area contributed by atoms with Crippen LogP contribution in [0.3, 0.4) is 0 Å². The van der Waals surface area contributed by atoms with E-state index in [0.29, 0.717) is 11.8 Å². The molecule has 0 bridgehead atoms.